The third-order valence-corrected chi connectivity index (χ3v) is 8.48. The molecule has 1 unspecified atom stereocenters. The maximum absolute atomic E-state index is 13.1. The molecule has 0 saturated carbocycles. The second kappa shape index (κ2) is 9.18. The average molecular weight is 509 g/mol. The minimum Gasteiger partial charge on any atom is -0.272 e. The highest BCUT2D eigenvalue weighted by Crippen LogP contribution is 2.40. The number of benzene rings is 3. The Bertz CT molecular complexity index is 1340. The fourth-order valence-electron chi connectivity index (χ4n) is 2.79. The SMILES string of the molecule is O=C(NS(=O)(=O)c1ccc(Cl)cc1)C(Sc1nc2cc(Cl)ccc2s1)c1ccccc1. The molecular formula is C21H14Cl2N2O3S3. The van der Waals surface area contributed by atoms with Crippen LogP contribution in [-0.2, 0) is 14.8 Å². The molecule has 4 rings (SSSR count). The first-order valence-corrected chi connectivity index (χ1v) is 12.9. The smallest absolute Gasteiger partial charge is 0.264 e. The van der Waals surface area contributed by atoms with E-state index in [1.807, 2.05) is 12.1 Å². The van der Waals surface area contributed by atoms with E-state index in [9.17, 15) is 13.2 Å². The number of nitrogens with one attached hydrogen (secondary N) is 1. The van der Waals surface area contributed by atoms with Gasteiger partial charge in [-0.1, -0.05) is 65.3 Å². The summed E-state index contributed by atoms with van der Waals surface area (Å²) < 4.78 is 29.1. The molecule has 1 amide bonds. The van der Waals surface area contributed by atoms with E-state index >= 15 is 0 Å². The first kappa shape index (κ1) is 22.1. The maximum Gasteiger partial charge on any atom is 0.264 e. The fourth-order valence-corrected chi connectivity index (χ4v) is 6.39. The monoisotopic (exact) mass is 508 g/mol. The lowest BCUT2D eigenvalue weighted by atomic mass is 10.1. The number of hydrogen-bond donors (Lipinski definition) is 1. The molecule has 1 atom stereocenters. The molecule has 1 aromatic heterocycles. The zero-order valence-corrected chi connectivity index (χ0v) is 19.6. The van der Waals surface area contributed by atoms with Crippen molar-refractivity contribution < 1.29 is 13.2 Å². The molecular weight excluding hydrogens is 495 g/mol. The molecule has 0 radical (unpaired) electrons. The molecule has 0 aliphatic heterocycles. The Kier molecular flexibility index (Phi) is 6.55. The lowest BCUT2D eigenvalue weighted by Gasteiger charge is -2.16. The van der Waals surface area contributed by atoms with Crippen molar-refractivity contribution in [1.82, 2.24) is 9.71 Å². The van der Waals surface area contributed by atoms with E-state index in [2.05, 4.69) is 9.71 Å². The molecule has 1 N–H and O–H groups in total. The van der Waals surface area contributed by atoms with Gasteiger partial charge in [-0.25, -0.2) is 18.1 Å². The van der Waals surface area contributed by atoms with Gasteiger partial charge in [0.05, 0.1) is 15.1 Å². The topological polar surface area (TPSA) is 76.1 Å². The zero-order valence-electron chi connectivity index (χ0n) is 15.7. The van der Waals surface area contributed by atoms with Crippen LogP contribution in [0.2, 0.25) is 10.0 Å². The van der Waals surface area contributed by atoms with Crippen LogP contribution in [-0.4, -0.2) is 19.3 Å². The summed E-state index contributed by atoms with van der Waals surface area (Å²) in [5.41, 5.74) is 1.38. The van der Waals surface area contributed by atoms with Crippen molar-refractivity contribution in [3.05, 3.63) is 88.4 Å². The van der Waals surface area contributed by atoms with Crippen LogP contribution in [0.5, 0.6) is 0 Å². The van der Waals surface area contributed by atoms with E-state index in [0.29, 0.717) is 19.9 Å². The number of rotatable bonds is 6. The van der Waals surface area contributed by atoms with Crippen LogP contribution in [0, 0.1) is 0 Å². The van der Waals surface area contributed by atoms with E-state index in [1.165, 1.54) is 47.4 Å². The number of hydrogen-bond acceptors (Lipinski definition) is 6. The molecule has 0 bridgehead atoms. The van der Waals surface area contributed by atoms with Crippen molar-refractivity contribution in [2.45, 2.75) is 14.5 Å². The summed E-state index contributed by atoms with van der Waals surface area (Å²) in [6, 6.07) is 20.0. The highest BCUT2D eigenvalue weighted by atomic mass is 35.5. The van der Waals surface area contributed by atoms with E-state index in [1.54, 1.807) is 36.4 Å². The number of thioether (sulfide) groups is 1. The van der Waals surface area contributed by atoms with Gasteiger partial charge >= 0.3 is 0 Å². The number of halogens is 2. The van der Waals surface area contributed by atoms with Crippen molar-refractivity contribution in [3.63, 3.8) is 0 Å². The lowest BCUT2D eigenvalue weighted by Crippen LogP contribution is -2.33. The summed E-state index contributed by atoms with van der Waals surface area (Å²) in [7, 11) is -4.06. The Morgan fingerprint density at radius 1 is 0.968 bits per heavy atom. The first-order chi connectivity index (χ1) is 14.8. The van der Waals surface area contributed by atoms with Crippen molar-refractivity contribution in [3.8, 4) is 0 Å². The highest BCUT2D eigenvalue weighted by molar-refractivity contribution is 8.02. The van der Waals surface area contributed by atoms with Crippen molar-refractivity contribution in [2.24, 2.45) is 0 Å². The van der Waals surface area contributed by atoms with Gasteiger partial charge in [-0.2, -0.15) is 0 Å². The first-order valence-electron chi connectivity index (χ1n) is 8.92. The van der Waals surface area contributed by atoms with Gasteiger partial charge in [0.1, 0.15) is 5.25 Å². The van der Waals surface area contributed by atoms with Gasteiger partial charge in [0.2, 0.25) is 0 Å². The van der Waals surface area contributed by atoms with Crippen LogP contribution in [0.3, 0.4) is 0 Å². The van der Waals surface area contributed by atoms with Gasteiger partial charge in [0.25, 0.3) is 15.9 Å². The van der Waals surface area contributed by atoms with Gasteiger partial charge in [-0.3, -0.25) is 4.79 Å². The number of thiazole rings is 1. The Labute approximate surface area is 197 Å². The summed E-state index contributed by atoms with van der Waals surface area (Å²) in [4.78, 5) is 17.6. The normalized spacial score (nSPS) is 12.6. The van der Waals surface area contributed by atoms with Gasteiger partial charge in [0, 0.05) is 10.0 Å². The number of carbonyl (C=O) groups is 1. The van der Waals surface area contributed by atoms with E-state index in [-0.39, 0.29) is 4.90 Å². The summed E-state index contributed by atoms with van der Waals surface area (Å²) in [6.45, 7) is 0. The van der Waals surface area contributed by atoms with Crippen LogP contribution in [0.25, 0.3) is 10.2 Å². The number of fused-ring (bicyclic) bond motifs is 1. The third kappa shape index (κ3) is 5.22. The average Bonchev–Trinajstić information content (AvgIpc) is 3.14. The Morgan fingerprint density at radius 3 is 2.35 bits per heavy atom. The van der Waals surface area contributed by atoms with E-state index in [0.717, 1.165) is 10.2 Å². The summed E-state index contributed by atoms with van der Waals surface area (Å²) in [6.07, 6.45) is 0. The molecule has 0 saturated heterocycles. The Morgan fingerprint density at radius 2 is 1.65 bits per heavy atom. The van der Waals surface area contributed by atoms with Crippen LogP contribution >= 0.6 is 46.3 Å². The number of carbonyl (C=O) groups excluding carboxylic acids is 1. The van der Waals surface area contributed by atoms with Crippen molar-refractivity contribution >= 4 is 72.4 Å². The van der Waals surface area contributed by atoms with Gasteiger partial charge in [0.15, 0.2) is 4.34 Å². The fraction of sp³-hybridized carbons (Fsp3) is 0.0476. The van der Waals surface area contributed by atoms with Crippen molar-refractivity contribution in [1.29, 1.82) is 0 Å². The molecule has 31 heavy (non-hydrogen) atoms. The third-order valence-electron chi connectivity index (χ3n) is 4.25. The van der Waals surface area contributed by atoms with Crippen LogP contribution in [0.4, 0.5) is 0 Å². The largest absolute Gasteiger partial charge is 0.272 e. The molecule has 10 heteroatoms. The van der Waals surface area contributed by atoms with E-state index in [4.69, 9.17) is 23.2 Å². The molecule has 0 fully saturated rings. The zero-order chi connectivity index (χ0) is 22.0. The van der Waals surface area contributed by atoms with Gasteiger partial charge in [-0.15, -0.1) is 11.3 Å². The molecule has 3 aromatic carbocycles. The number of amides is 1. The Hall–Kier alpha value is -2.10. The second-order valence-corrected chi connectivity index (χ2v) is 11.4. The van der Waals surface area contributed by atoms with Gasteiger partial charge in [-0.05, 0) is 48.0 Å². The summed E-state index contributed by atoms with van der Waals surface area (Å²) in [5.74, 6) is -0.663. The molecule has 4 aromatic rings. The predicted octanol–water partition coefficient (Wildman–Crippen LogP) is 5.94. The Balaban J connectivity index is 1.64. The molecule has 0 aliphatic carbocycles. The number of aromatic nitrogens is 1. The minimum atomic E-state index is -4.06. The molecule has 5 nitrogen and oxygen atoms in total. The maximum atomic E-state index is 13.1. The van der Waals surface area contributed by atoms with Crippen LogP contribution in [0.15, 0.2) is 82.0 Å². The number of sulfonamides is 1. The van der Waals surface area contributed by atoms with E-state index < -0.39 is 21.2 Å². The standard InChI is InChI=1S/C21H14Cl2N2O3S3/c22-14-6-9-16(10-7-14)31(27,28)25-20(26)19(13-4-2-1-3-5-13)30-21-24-17-12-15(23)8-11-18(17)29-21/h1-12,19H,(H,25,26). The molecule has 0 aliphatic rings. The molecule has 158 valence electrons. The highest BCUT2D eigenvalue weighted by Gasteiger charge is 2.28. The van der Waals surface area contributed by atoms with Gasteiger partial charge < -0.3 is 0 Å². The molecule has 0 spiro atoms. The summed E-state index contributed by atoms with van der Waals surface area (Å²) in [5, 5.41) is 0.152. The van der Waals surface area contributed by atoms with Crippen LogP contribution in [0.1, 0.15) is 10.8 Å². The quantitative estimate of drug-likeness (QED) is 0.326. The van der Waals surface area contributed by atoms with Crippen molar-refractivity contribution in [2.75, 3.05) is 0 Å². The molecule has 1 heterocycles. The lowest BCUT2D eigenvalue weighted by molar-refractivity contribution is -0.118. The predicted molar refractivity (Wildman–Crippen MR) is 126 cm³/mol. The number of nitrogens with zero attached hydrogens (tertiary/aromatic N) is 1. The van der Waals surface area contributed by atoms with Crippen LogP contribution < -0.4 is 4.72 Å². The second-order valence-electron chi connectivity index (χ2n) is 6.42. The summed E-state index contributed by atoms with van der Waals surface area (Å²) >= 11 is 14.5. The minimum absolute atomic E-state index is 0.0447.